The molecule has 0 atom stereocenters. The van der Waals surface area contributed by atoms with Gasteiger partial charge in [0.25, 0.3) is 5.91 Å². The van der Waals surface area contributed by atoms with Crippen LogP contribution in [0.1, 0.15) is 15.9 Å². The normalized spacial score (nSPS) is 10.9. The SMILES string of the molecule is O=C(Nc1cccc(F)c1)c1ccc2c(c1)nnn2Cc1ccc(F)cc1. The van der Waals surface area contributed by atoms with Crippen LogP contribution in [0.15, 0.2) is 66.7 Å². The highest BCUT2D eigenvalue weighted by Crippen LogP contribution is 2.17. The van der Waals surface area contributed by atoms with E-state index >= 15 is 0 Å². The molecule has 4 rings (SSSR count). The molecule has 0 bridgehead atoms. The van der Waals surface area contributed by atoms with Crippen LogP contribution in [0.2, 0.25) is 0 Å². The third-order valence-electron chi connectivity index (χ3n) is 4.10. The Morgan fingerprint density at radius 1 is 0.963 bits per heavy atom. The van der Waals surface area contributed by atoms with Crippen LogP contribution in [0.3, 0.4) is 0 Å². The Kier molecular flexibility index (Phi) is 4.33. The summed E-state index contributed by atoms with van der Waals surface area (Å²) in [6, 6.07) is 16.9. The van der Waals surface area contributed by atoms with Gasteiger partial charge in [-0.3, -0.25) is 4.79 Å². The summed E-state index contributed by atoms with van der Waals surface area (Å²) in [7, 11) is 0. The molecule has 1 amide bonds. The number of amides is 1. The molecule has 1 aromatic heterocycles. The topological polar surface area (TPSA) is 59.8 Å². The third-order valence-corrected chi connectivity index (χ3v) is 4.10. The molecule has 0 fully saturated rings. The molecule has 134 valence electrons. The Balaban J connectivity index is 1.56. The van der Waals surface area contributed by atoms with Gasteiger partial charge in [0, 0.05) is 11.3 Å². The second-order valence-electron chi connectivity index (χ2n) is 6.04. The van der Waals surface area contributed by atoms with Crippen molar-refractivity contribution in [1.29, 1.82) is 0 Å². The summed E-state index contributed by atoms with van der Waals surface area (Å²) >= 11 is 0. The van der Waals surface area contributed by atoms with Crippen molar-refractivity contribution in [3.05, 3.63) is 89.5 Å². The van der Waals surface area contributed by atoms with Gasteiger partial charge in [0.15, 0.2) is 0 Å². The van der Waals surface area contributed by atoms with E-state index in [2.05, 4.69) is 15.6 Å². The van der Waals surface area contributed by atoms with Crippen molar-refractivity contribution in [1.82, 2.24) is 15.0 Å². The first kappa shape index (κ1) is 16.8. The monoisotopic (exact) mass is 364 g/mol. The number of aromatic nitrogens is 3. The van der Waals surface area contributed by atoms with E-state index in [4.69, 9.17) is 0 Å². The number of carbonyl (C=O) groups excluding carboxylic acids is 1. The molecular weight excluding hydrogens is 350 g/mol. The van der Waals surface area contributed by atoms with Gasteiger partial charge in [-0.2, -0.15) is 0 Å². The minimum Gasteiger partial charge on any atom is -0.322 e. The van der Waals surface area contributed by atoms with Gasteiger partial charge in [-0.1, -0.05) is 23.4 Å². The summed E-state index contributed by atoms with van der Waals surface area (Å²) < 4.78 is 27.9. The summed E-state index contributed by atoms with van der Waals surface area (Å²) in [5.41, 5.74) is 2.96. The zero-order valence-corrected chi connectivity index (χ0v) is 14.1. The van der Waals surface area contributed by atoms with Crippen molar-refractivity contribution in [2.75, 3.05) is 5.32 Å². The van der Waals surface area contributed by atoms with Crippen molar-refractivity contribution in [3.8, 4) is 0 Å². The summed E-state index contributed by atoms with van der Waals surface area (Å²) in [4.78, 5) is 12.4. The number of rotatable bonds is 4. The van der Waals surface area contributed by atoms with Crippen molar-refractivity contribution in [2.24, 2.45) is 0 Å². The summed E-state index contributed by atoms with van der Waals surface area (Å²) in [6.45, 7) is 0.436. The summed E-state index contributed by atoms with van der Waals surface area (Å²) in [5, 5.41) is 10.8. The van der Waals surface area contributed by atoms with E-state index in [1.807, 2.05) is 0 Å². The van der Waals surface area contributed by atoms with Gasteiger partial charge in [0.1, 0.15) is 17.2 Å². The summed E-state index contributed by atoms with van der Waals surface area (Å²) in [5.74, 6) is -1.08. The number of hydrogen-bond donors (Lipinski definition) is 1. The number of nitrogens with zero attached hydrogens (tertiary/aromatic N) is 3. The molecule has 0 aliphatic heterocycles. The average molecular weight is 364 g/mol. The van der Waals surface area contributed by atoms with Gasteiger partial charge in [-0.25, -0.2) is 13.5 Å². The number of nitrogens with one attached hydrogen (secondary N) is 1. The lowest BCUT2D eigenvalue weighted by Gasteiger charge is -2.06. The molecule has 5 nitrogen and oxygen atoms in total. The maximum Gasteiger partial charge on any atom is 0.255 e. The quantitative estimate of drug-likeness (QED) is 0.595. The lowest BCUT2D eigenvalue weighted by molar-refractivity contribution is 0.102. The van der Waals surface area contributed by atoms with Gasteiger partial charge in [-0.05, 0) is 54.1 Å². The highest BCUT2D eigenvalue weighted by molar-refractivity contribution is 6.05. The van der Waals surface area contributed by atoms with Crippen LogP contribution in [0.5, 0.6) is 0 Å². The number of hydrogen-bond acceptors (Lipinski definition) is 3. The molecule has 3 aromatic carbocycles. The molecule has 0 aliphatic carbocycles. The van der Waals surface area contributed by atoms with Crippen LogP contribution in [0, 0.1) is 11.6 Å². The number of halogens is 2. The predicted octanol–water partition coefficient (Wildman–Crippen LogP) is 4.01. The van der Waals surface area contributed by atoms with E-state index in [-0.39, 0.29) is 11.7 Å². The van der Waals surface area contributed by atoms with Gasteiger partial charge in [0.2, 0.25) is 0 Å². The van der Waals surface area contributed by atoms with Gasteiger partial charge in [0.05, 0.1) is 12.1 Å². The third kappa shape index (κ3) is 3.67. The Hall–Kier alpha value is -3.61. The first-order valence-corrected chi connectivity index (χ1v) is 8.23. The fourth-order valence-corrected chi connectivity index (χ4v) is 2.76. The van der Waals surface area contributed by atoms with Crippen LogP contribution in [0.25, 0.3) is 11.0 Å². The Bertz CT molecular complexity index is 1120. The van der Waals surface area contributed by atoms with E-state index in [1.54, 1.807) is 41.1 Å². The molecule has 1 N–H and O–H groups in total. The number of benzene rings is 3. The van der Waals surface area contributed by atoms with Crippen molar-refractivity contribution in [3.63, 3.8) is 0 Å². The predicted molar refractivity (Wildman–Crippen MR) is 97.4 cm³/mol. The number of fused-ring (bicyclic) bond motifs is 1. The first-order valence-electron chi connectivity index (χ1n) is 8.23. The standard InChI is InChI=1S/C20H14F2N4O/c21-15-7-4-13(5-8-15)12-26-19-9-6-14(10-18(19)24-25-26)20(27)23-17-3-1-2-16(22)11-17/h1-11H,12H2,(H,23,27). The molecule has 27 heavy (non-hydrogen) atoms. The van der Waals surface area contributed by atoms with Gasteiger partial charge >= 0.3 is 0 Å². The molecule has 1 heterocycles. The molecule has 0 radical (unpaired) electrons. The van der Waals surface area contributed by atoms with Crippen LogP contribution in [0.4, 0.5) is 14.5 Å². The summed E-state index contributed by atoms with van der Waals surface area (Å²) in [6.07, 6.45) is 0. The molecular formula is C20H14F2N4O. The first-order chi connectivity index (χ1) is 13.1. The smallest absolute Gasteiger partial charge is 0.255 e. The van der Waals surface area contributed by atoms with Crippen LogP contribution in [-0.4, -0.2) is 20.9 Å². The Morgan fingerprint density at radius 3 is 2.56 bits per heavy atom. The second-order valence-corrected chi connectivity index (χ2v) is 6.04. The van der Waals surface area contributed by atoms with E-state index < -0.39 is 5.82 Å². The molecule has 0 unspecified atom stereocenters. The van der Waals surface area contributed by atoms with Crippen LogP contribution < -0.4 is 5.32 Å². The Labute approximate surface area is 153 Å². The molecule has 4 aromatic rings. The average Bonchev–Trinajstić information content (AvgIpc) is 3.06. The molecule has 7 heteroatoms. The fourth-order valence-electron chi connectivity index (χ4n) is 2.76. The minimum atomic E-state index is -0.424. The van der Waals surface area contributed by atoms with Gasteiger partial charge < -0.3 is 5.32 Å². The zero-order chi connectivity index (χ0) is 18.8. The lowest BCUT2D eigenvalue weighted by atomic mass is 10.1. The number of carbonyl (C=O) groups is 1. The fraction of sp³-hybridized carbons (Fsp3) is 0.0500. The van der Waals surface area contributed by atoms with Crippen LogP contribution in [-0.2, 0) is 6.54 Å². The molecule has 0 spiro atoms. The highest BCUT2D eigenvalue weighted by Gasteiger charge is 2.11. The lowest BCUT2D eigenvalue weighted by Crippen LogP contribution is -2.12. The van der Waals surface area contributed by atoms with E-state index in [0.717, 1.165) is 11.1 Å². The zero-order valence-electron chi connectivity index (χ0n) is 14.1. The van der Waals surface area contributed by atoms with E-state index in [9.17, 15) is 13.6 Å². The molecule has 0 aliphatic rings. The largest absolute Gasteiger partial charge is 0.322 e. The molecule has 0 saturated carbocycles. The van der Waals surface area contributed by atoms with Gasteiger partial charge in [-0.15, -0.1) is 5.10 Å². The highest BCUT2D eigenvalue weighted by atomic mass is 19.1. The Morgan fingerprint density at radius 2 is 1.78 bits per heavy atom. The van der Waals surface area contributed by atoms with E-state index in [0.29, 0.717) is 23.3 Å². The second kappa shape index (κ2) is 6.95. The maximum absolute atomic E-state index is 13.2. The number of anilines is 1. The minimum absolute atomic E-state index is 0.295. The van der Waals surface area contributed by atoms with Crippen LogP contribution >= 0.6 is 0 Å². The maximum atomic E-state index is 13.2. The van der Waals surface area contributed by atoms with E-state index in [1.165, 1.54) is 30.3 Å². The van der Waals surface area contributed by atoms with Crippen molar-refractivity contribution < 1.29 is 13.6 Å². The van der Waals surface area contributed by atoms with Crippen molar-refractivity contribution >= 4 is 22.6 Å². The molecule has 0 saturated heterocycles. The van der Waals surface area contributed by atoms with Crippen molar-refractivity contribution in [2.45, 2.75) is 6.54 Å².